The molecule has 0 aliphatic heterocycles. The number of fused-ring (bicyclic) bond motifs is 5. The maximum Gasteiger partial charge on any atom is 0.0465 e. The van der Waals surface area contributed by atoms with E-state index in [-0.39, 0.29) is 5.41 Å². The molecule has 0 unspecified atom stereocenters. The van der Waals surface area contributed by atoms with E-state index in [9.17, 15) is 0 Å². The van der Waals surface area contributed by atoms with Crippen LogP contribution < -0.4 is 19.6 Å². The Hall–Kier alpha value is -9.38. The van der Waals surface area contributed by atoms with Crippen molar-refractivity contribution in [3.05, 3.63) is 302 Å². The van der Waals surface area contributed by atoms with Gasteiger partial charge in [0, 0.05) is 73.7 Å². The molecule has 366 valence electrons. The second kappa shape index (κ2) is 20.5. The summed E-state index contributed by atoms with van der Waals surface area (Å²) in [7, 11) is 0. The normalized spacial score (nSPS) is 13.1. The maximum atomic E-state index is 2.53. The highest BCUT2D eigenvalue weighted by molar-refractivity contribution is 5.89. The molecule has 0 atom stereocenters. The molecular weight excluding hydrogens is 921 g/mol. The van der Waals surface area contributed by atoms with Crippen molar-refractivity contribution in [2.45, 2.75) is 37.5 Å². The van der Waals surface area contributed by atoms with E-state index in [1.54, 1.807) is 0 Å². The summed E-state index contributed by atoms with van der Waals surface area (Å²) in [6.45, 7) is 0. The highest BCUT2D eigenvalue weighted by atomic mass is 15.2. The van der Waals surface area contributed by atoms with Gasteiger partial charge < -0.3 is 19.6 Å². The third-order valence-corrected chi connectivity index (χ3v) is 15.6. The van der Waals surface area contributed by atoms with E-state index in [1.165, 1.54) is 64.0 Å². The Morgan fingerprint density at radius 2 is 0.434 bits per heavy atom. The quantitative estimate of drug-likeness (QED) is 0.114. The number of nitrogens with zero attached hydrogens (tertiary/aromatic N) is 4. The lowest BCUT2D eigenvalue weighted by Crippen LogP contribution is -2.28. The Morgan fingerprint density at radius 1 is 0.211 bits per heavy atom. The van der Waals surface area contributed by atoms with Gasteiger partial charge in [0.1, 0.15) is 0 Å². The van der Waals surface area contributed by atoms with Crippen LogP contribution in [0.25, 0.3) is 22.3 Å². The fourth-order valence-corrected chi connectivity index (χ4v) is 12.1. The molecule has 0 aromatic heterocycles. The first kappa shape index (κ1) is 46.4. The second-order valence-electron chi connectivity index (χ2n) is 20.1. The van der Waals surface area contributed by atoms with Crippen molar-refractivity contribution in [1.29, 1.82) is 0 Å². The number of hydrogen-bond donors (Lipinski definition) is 0. The molecule has 0 heterocycles. The van der Waals surface area contributed by atoms with Crippen LogP contribution in [0.5, 0.6) is 0 Å². The summed E-state index contributed by atoms with van der Waals surface area (Å²) in [4.78, 5) is 9.48. The Kier molecular flexibility index (Phi) is 12.5. The van der Waals surface area contributed by atoms with Crippen molar-refractivity contribution in [2.75, 3.05) is 19.6 Å². The minimum Gasteiger partial charge on any atom is -0.311 e. The summed E-state index contributed by atoms with van der Waals surface area (Å²) in [5.74, 6) is 0. The summed E-state index contributed by atoms with van der Waals surface area (Å²) >= 11 is 0. The molecule has 13 rings (SSSR count). The number of para-hydroxylation sites is 6. The van der Waals surface area contributed by atoms with Crippen LogP contribution in [-0.4, -0.2) is 0 Å². The lowest BCUT2D eigenvalue weighted by atomic mass is 9.67. The maximum absolute atomic E-state index is 2.53. The number of benzene rings is 11. The van der Waals surface area contributed by atoms with Gasteiger partial charge in [0.15, 0.2) is 0 Å². The number of hydrogen-bond acceptors (Lipinski definition) is 4. The van der Waals surface area contributed by atoms with Gasteiger partial charge in [-0.1, -0.05) is 165 Å². The zero-order valence-electron chi connectivity index (χ0n) is 42.5. The van der Waals surface area contributed by atoms with E-state index in [0.29, 0.717) is 0 Å². The summed E-state index contributed by atoms with van der Waals surface area (Å²) in [5, 5.41) is 0. The van der Waals surface area contributed by atoms with E-state index < -0.39 is 0 Å². The van der Waals surface area contributed by atoms with Crippen LogP contribution in [0.15, 0.2) is 291 Å². The molecule has 4 nitrogen and oxygen atoms in total. The highest BCUT2D eigenvalue weighted by Crippen LogP contribution is 2.58. The van der Waals surface area contributed by atoms with Crippen LogP contribution in [0.3, 0.4) is 0 Å². The minimum absolute atomic E-state index is 0.0577. The predicted octanol–water partition coefficient (Wildman–Crippen LogP) is 20.5. The molecule has 11 aromatic rings. The van der Waals surface area contributed by atoms with Gasteiger partial charge in [0.05, 0.1) is 0 Å². The standard InChI is InChI=1S/C72H58N4/c1-8-22-56(23-9-1)73(57-24-10-2-11-25-57)64-42-44-65(45-43-64)74(58-26-12-3-13-27-58)62-38-34-54(35-39-62)55-36-40-63(41-37-55)76(61-32-18-6-19-33-61)67-47-49-69-68-48-46-66(52-70(68)72(71(69)53-67)50-20-7-21-51-72)75(59-28-14-4-15-29-59)60-30-16-5-17-31-60/h1-6,8-19,22-49,52-53H,7,20-21,50-51H2. The number of anilines is 12. The summed E-state index contributed by atoms with van der Waals surface area (Å²) in [6.07, 6.45) is 6.01. The predicted molar refractivity (Wildman–Crippen MR) is 320 cm³/mol. The van der Waals surface area contributed by atoms with E-state index >= 15 is 0 Å². The second-order valence-corrected chi connectivity index (χ2v) is 20.1. The Balaban J connectivity index is 0.816. The fraction of sp³-hybridized carbons (Fsp3) is 0.0833. The largest absolute Gasteiger partial charge is 0.311 e. The van der Waals surface area contributed by atoms with Crippen LogP contribution in [0.4, 0.5) is 68.2 Å². The van der Waals surface area contributed by atoms with Crippen molar-refractivity contribution in [3.8, 4) is 22.3 Å². The fourth-order valence-electron chi connectivity index (χ4n) is 12.1. The van der Waals surface area contributed by atoms with Crippen molar-refractivity contribution >= 4 is 68.2 Å². The van der Waals surface area contributed by atoms with Gasteiger partial charge >= 0.3 is 0 Å². The Labute approximate surface area is 447 Å². The first-order chi connectivity index (χ1) is 37.7. The van der Waals surface area contributed by atoms with Gasteiger partial charge in [0.2, 0.25) is 0 Å². The summed E-state index contributed by atoms with van der Waals surface area (Å²) in [5.41, 5.74) is 21.5. The summed E-state index contributed by atoms with van der Waals surface area (Å²) < 4.78 is 0. The molecule has 4 heteroatoms. The third-order valence-electron chi connectivity index (χ3n) is 15.6. The molecule has 11 aromatic carbocycles. The molecule has 1 fully saturated rings. The van der Waals surface area contributed by atoms with Crippen LogP contribution in [-0.2, 0) is 5.41 Å². The van der Waals surface area contributed by atoms with Crippen LogP contribution in [0.1, 0.15) is 43.2 Å². The zero-order valence-corrected chi connectivity index (χ0v) is 42.5. The average Bonchev–Trinajstić information content (AvgIpc) is 3.81. The smallest absolute Gasteiger partial charge is 0.0465 e. The van der Waals surface area contributed by atoms with E-state index in [1.807, 2.05) is 0 Å². The van der Waals surface area contributed by atoms with Crippen molar-refractivity contribution in [1.82, 2.24) is 0 Å². The Bertz CT molecular complexity index is 3620. The molecule has 0 N–H and O–H groups in total. The van der Waals surface area contributed by atoms with Gasteiger partial charge in [-0.3, -0.25) is 0 Å². The van der Waals surface area contributed by atoms with Crippen LogP contribution in [0, 0.1) is 0 Å². The summed E-state index contributed by atoms with van der Waals surface area (Å²) in [6, 6.07) is 106. The SMILES string of the molecule is c1ccc(N(c2ccccc2)c2ccc(N(c3ccccc3)c3ccc(-c4ccc(N(c5ccccc5)c5ccc6c(c5)C5(CCCCC5)c5cc(N(c7ccccc7)c7ccccc7)ccc5-6)cc4)cc3)cc2)cc1. The highest BCUT2D eigenvalue weighted by Gasteiger charge is 2.44. The van der Waals surface area contributed by atoms with Crippen molar-refractivity contribution in [3.63, 3.8) is 0 Å². The monoisotopic (exact) mass is 978 g/mol. The molecule has 2 aliphatic rings. The first-order valence-electron chi connectivity index (χ1n) is 26.8. The minimum atomic E-state index is -0.0577. The lowest BCUT2D eigenvalue weighted by Gasteiger charge is -2.37. The average molecular weight is 979 g/mol. The van der Waals surface area contributed by atoms with Gasteiger partial charge in [0.25, 0.3) is 0 Å². The molecule has 0 amide bonds. The van der Waals surface area contributed by atoms with Crippen LogP contribution in [0.2, 0.25) is 0 Å². The van der Waals surface area contributed by atoms with Gasteiger partial charge in [-0.25, -0.2) is 0 Å². The molecule has 1 spiro atoms. The molecule has 2 aliphatic carbocycles. The van der Waals surface area contributed by atoms with Crippen LogP contribution >= 0.6 is 0 Å². The molecule has 0 radical (unpaired) electrons. The van der Waals surface area contributed by atoms with E-state index in [2.05, 4.69) is 311 Å². The van der Waals surface area contributed by atoms with Crippen molar-refractivity contribution < 1.29 is 0 Å². The van der Waals surface area contributed by atoms with E-state index in [0.717, 1.165) is 69.7 Å². The molecule has 76 heavy (non-hydrogen) atoms. The van der Waals surface area contributed by atoms with Gasteiger partial charge in [-0.2, -0.15) is 0 Å². The molecule has 0 saturated heterocycles. The Morgan fingerprint density at radius 3 is 0.711 bits per heavy atom. The first-order valence-corrected chi connectivity index (χ1v) is 26.8. The molecule has 1 saturated carbocycles. The molecule has 0 bridgehead atoms. The zero-order chi connectivity index (χ0) is 50.7. The topological polar surface area (TPSA) is 13.0 Å². The van der Waals surface area contributed by atoms with Gasteiger partial charge in [-0.15, -0.1) is 0 Å². The third kappa shape index (κ3) is 8.78. The van der Waals surface area contributed by atoms with Crippen molar-refractivity contribution in [2.24, 2.45) is 0 Å². The number of rotatable bonds is 13. The van der Waals surface area contributed by atoms with Gasteiger partial charge in [-0.05, 0) is 192 Å². The lowest BCUT2D eigenvalue weighted by molar-refractivity contribution is 0.353. The molecular formula is C72H58N4. The van der Waals surface area contributed by atoms with E-state index in [4.69, 9.17) is 0 Å².